The lowest BCUT2D eigenvalue weighted by Crippen LogP contribution is -2.39. The van der Waals surface area contributed by atoms with Crippen LogP contribution >= 0.6 is 23.7 Å². The van der Waals surface area contributed by atoms with Crippen LogP contribution in [0.4, 0.5) is 5.13 Å². The van der Waals surface area contributed by atoms with Gasteiger partial charge in [0, 0.05) is 13.1 Å². The molecule has 0 radical (unpaired) electrons. The molecule has 4 rings (SSSR count). The average Bonchev–Trinajstić information content (AvgIpc) is 3.37. The van der Waals surface area contributed by atoms with E-state index in [9.17, 15) is 4.79 Å². The highest BCUT2D eigenvalue weighted by molar-refractivity contribution is 7.22. The summed E-state index contributed by atoms with van der Waals surface area (Å²) in [5.41, 5.74) is 4.25. The van der Waals surface area contributed by atoms with Gasteiger partial charge in [-0.25, -0.2) is 4.98 Å². The molecule has 1 amide bonds. The summed E-state index contributed by atoms with van der Waals surface area (Å²) in [5.74, 6) is 1.47. The number of benzene rings is 2. The Balaban J connectivity index is 0.00000289. The van der Waals surface area contributed by atoms with Crippen LogP contribution in [0.1, 0.15) is 30.5 Å². The molecule has 0 unspecified atom stereocenters. The summed E-state index contributed by atoms with van der Waals surface area (Å²) in [6.07, 6.45) is 0.294. The fourth-order valence-electron chi connectivity index (χ4n) is 3.90. The van der Waals surface area contributed by atoms with Crippen molar-refractivity contribution in [1.82, 2.24) is 9.88 Å². The minimum atomic E-state index is 0. The van der Waals surface area contributed by atoms with Gasteiger partial charge in [-0.15, -0.1) is 12.4 Å². The predicted molar refractivity (Wildman–Crippen MR) is 133 cm³/mol. The Hall–Kier alpha value is -2.35. The number of amides is 1. The van der Waals surface area contributed by atoms with Gasteiger partial charge in [-0.3, -0.25) is 9.69 Å². The number of thiazole rings is 1. The number of hydrogen-bond acceptors (Lipinski definition) is 6. The van der Waals surface area contributed by atoms with Gasteiger partial charge in [-0.05, 0) is 61.8 Å². The van der Waals surface area contributed by atoms with Crippen molar-refractivity contribution in [2.24, 2.45) is 0 Å². The van der Waals surface area contributed by atoms with Gasteiger partial charge in [0.2, 0.25) is 12.7 Å². The maximum absolute atomic E-state index is 13.4. The van der Waals surface area contributed by atoms with E-state index in [1.165, 1.54) is 5.56 Å². The van der Waals surface area contributed by atoms with Crippen LogP contribution in [0.2, 0.25) is 0 Å². The average molecular weight is 476 g/mol. The Morgan fingerprint density at radius 3 is 2.56 bits per heavy atom. The van der Waals surface area contributed by atoms with Gasteiger partial charge in [0.25, 0.3) is 0 Å². The molecular weight excluding hydrogens is 446 g/mol. The monoisotopic (exact) mass is 475 g/mol. The van der Waals surface area contributed by atoms with E-state index < -0.39 is 0 Å². The lowest BCUT2D eigenvalue weighted by molar-refractivity contribution is -0.118. The highest BCUT2D eigenvalue weighted by atomic mass is 35.5. The minimum Gasteiger partial charge on any atom is -0.454 e. The first-order valence-electron chi connectivity index (χ1n) is 10.8. The van der Waals surface area contributed by atoms with Crippen LogP contribution in [0.5, 0.6) is 11.5 Å². The second-order valence-corrected chi connectivity index (χ2v) is 8.87. The van der Waals surface area contributed by atoms with Crippen LogP contribution in [0.15, 0.2) is 30.3 Å². The van der Waals surface area contributed by atoms with Crippen LogP contribution < -0.4 is 14.4 Å². The zero-order chi connectivity index (χ0) is 22.0. The normalized spacial score (nSPS) is 12.3. The summed E-state index contributed by atoms with van der Waals surface area (Å²) in [6, 6.07) is 9.98. The molecule has 0 spiro atoms. The molecule has 0 atom stereocenters. The van der Waals surface area contributed by atoms with E-state index in [0.29, 0.717) is 18.7 Å². The third-order valence-electron chi connectivity index (χ3n) is 5.68. The van der Waals surface area contributed by atoms with Crippen molar-refractivity contribution in [2.45, 2.75) is 34.1 Å². The lowest BCUT2D eigenvalue weighted by Gasteiger charge is -2.24. The fourth-order valence-corrected chi connectivity index (χ4v) is 5.09. The Morgan fingerprint density at radius 1 is 1.06 bits per heavy atom. The molecule has 1 aliphatic heterocycles. The third-order valence-corrected chi connectivity index (χ3v) is 6.70. The second-order valence-electron chi connectivity index (χ2n) is 7.86. The van der Waals surface area contributed by atoms with E-state index in [1.807, 2.05) is 23.1 Å². The number of ether oxygens (including phenoxy) is 2. The lowest BCUT2D eigenvalue weighted by atomic mass is 10.1. The summed E-state index contributed by atoms with van der Waals surface area (Å²) >= 11 is 1.59. The second kappa shape index (κ2) is 10.5. The Morgan fingerprint density at radius 2 is 1.81 bits per heavy atom. The molecule has 0 fully saturated rings. The van der Waals surface area contributed by atoms with E-state index in [-0.39, 0.29) is 25.1 Å². The number of rotatable bonds is 8. The van der Waals surface area contributed by atoms with Gasteiger partial charge in [0.15, 0.2) is 16.6 Å². The first-order chi connectivity index (χ1) is 15.0. The van der Waals surface area contributed by atoms with E-state index in [1.54, 1.807) is 11.3 Å². The number of hydrogen-bond donors (Lipinski definition) is 0. The largest absolute Gasteiger partial charge is 0.454 e. The smallest absolute Gasteiger partial charge is 0.233 e. The quantitative estimate of drug-likeness (QED) is 0.460. The van der Waals surface area contributed by atoms with Crippen molar-refractivity contribution < 1.29 is 14.3 Å². The predicted octanol–water partition coefficient (Wildman–Crippen LogP) is 4.98. The molecule has 1 aliphatic rings. The van der Waals surface area contributed by atoms with E-state index in [4.69, 9.17) is 14.5 Å². The topological polar surface area (TPSA) is 54.9 Å². The molecule has 1 aromatic heterocycles. The maximum atomic E-state index is 13.4. The summed E-state index contributed by atoms with van der Waals surface area (Å²) in [5, 5.41) is 0.765. The van der Waals surface area contributed by atoms with Gasteiger partial charge in [-0.1, -0.05) is 37.3 Å². The third kappa shape index (κ3) is 5.17. The summed E-state index contributed by atoms with van der Waals surface area (Å²) in [6.45, 7) is 12.0. The van der Waals surface area contributed by atoms with Gasteiger partial charge in [0.05, 0.1) is 16.6 Å². The number of anilines is 1. The maximum Gasteiger partial charge on any atom is 0.233 e. The van der Waals surface area contributed by atoms with Gasteiger partial charge in [0.1, 0.15) is 0 Å². The molecule has 0 N–H and O–H groups in total. The summed E-state index contributed by atoms with van der Waals surface area (Å²) in [7, 11) is 0. The molecule has 172 valence electrons. The molecule has 8 heteroatoms. The number of halogens is 1. The van der Waals surface area contributed by atoms with Crippen molar-refractivity contribution in [2.75, 3.05) is 37.9 Å². The van der Waals surface area contributed by atoms with E-state index in [2.05, 4.69) is 44.7 Å². The van der Waals surface area contributed by atoms with E-state index >= 15 is 0 Å². The molecular formula is C24H30ClN3O3S. The van der Waals surface area contributed by atoms with Crippen molar-refractivity contribution >= 4 is 45.0 Å². The summed E-state index contributed by atoms with van der Waals surface area (Å²) in [4.78, 5) is 22.5. The highest BCUT2D eigenvalue weighted by Gasteiger charge is 2.22. The van der Waals surface area contributed by atoms with Crippen molar-refractivity contribution in [3.05, 3.63) is 47.0 Å². The molecule has 2 heterocycles. The fraction of sp³-hybridized carbons (Fsp3) is 0.417. The molecule has 0 bridgehead atoms. The van der Waals surface area contributed by atoms with Gasteiger partial charge >= 0.3 is 0 Å². The zero-order valence-corrected chi connectivity index (χ0v) is 20.6. The first kappa shape index (κ1) is 24.3. The summed E-state index contributed by atoms with van der Waals surface area (Å²) < 4.78 is 12.0. The van der Waals surface area contributed by atoms with Crippen LogP contribution in [0, 0.1) is 13.8 Å². The van der Waals surface area contributed by atoms with E-state index in [0.717, 1.165) is 51.9 Å². The van der Waals surface area contributed by atoms with Gasteiger partial charge < -0.3 is 14.4 Å². The zero-order valence-electron chi connectivity index (χ0n) is 19.0. The minimum absolute atomic E-state index is 0. The molecule has 0 aliphatic carbocycles. The number of fused-ring (bicyclic) bond motifs is 2. The molecule has 2 aromatic carbocycles. The van der Waals surface area contributed by atoms with Crippen LogP contribution in [-0.4, -0.2) is 48.8 Å². The Kier molecular flexibility index (Phi) is 7.98. The Labute approximate surface area is 199 Å². The van der Waals surface area contributed by atoms with Crippen LogP contribution in [0.25, 0.3) is 10.2 Å². The van der Waals surface area contributed by atoms with Gasteiger partial charge in [-0.2, -0.15) is 0 Å². The molecule has 0 saturated heterocycles. The number of carbonyl (C=O) groups excluding carboxylic acids is 1. The number of likely N-dealkylation sites (N-methyl/N-ethyl adjacent to an activating group) is 1. The number of aromatic nitrogens is 1. The van der Waals surface area contributed by atoms with Crippen LogP contribution in [-0.2, 0) is 11.2 Å². The van der Waals surface area contributed by atoms with Crippen LogP contribution in [0.3, 0.4) is 0 Å². The van der Waals surface area contributed by atoms with Crippen molar-refractivity contribution in [3.63, 3.8) is 0 Å². The number of carbonyl (C=O) groups is 1. The van der Waals surface area contributed by atoms with Crippen molar-refractivity contribution in [1.29, 1.82) is 0 Å². The molecule has 3 aromatic rings. The first-order valence-corrected chi connectivity index (χ1v) is 11.6. The molecule has 6 nitrogen and oxygen atoms in total. The standard InChI is InChI=1S/C24H29N3O3S.ClH/c1-5-26(6-2)9-10-27(24-25-23-17(4)11-16(3)12-21(23)31-24)22(28)14-18-7-8-19-20(13-18)30-15-29-19;/h7-8,11-13H,5-6,9-10,14-15H2,1-4H3;1H. The SMILES string of the molecule is CCN(CC)CCN(C(=O)Cc1ccc2c(c1)OCO2)c1nc2c(C)cc(C)cc2s1.Cl. The number of aryl methyl sites for hydroxylation is 2. The Bertz CT molecular complexity index is 1100. The molecule has 32 heavy (non-hydrogen) atoms. The van der Waals surface area contributed by atoms with Crippen molar-refractivity contribution in [3.8, 4) is 11.5 Å². The highest BCUT2D eigenvalue weighted by Crippen LogP contribution is 2.34. The molecule has 0 saturated carbocycles. The number of nitrogens with zero attached hydrogens (tertiary/aromatic N) is 3.